The van der Waals surface area contributed by atoms with Crippen LogP contribution in [0, 0.1) is 0 Å². The van der Waals surface area contributed by atoms with Crippen molar-refractivity contribution in [3.05, 3.63) is 53.6 Å². The number of aryl methyl sites for hydroxylation is 1. The van der Waals surface area contributed by atoms with Crippen LogP contribution in [0.4, 0.5) is 0 Å². The molecular formula is C18H21NO4S. The summed E-state index contributed by atoms with van der Waals surface area (Å²) in [5.74, 6) is 1.44. The van der Waals surface area contributed by atoms with Crippen molar-refractivity contribution in [3.8, 4) is 11.5 Å². The van der Waals surface area contributed by atoms with Crippen LogP contribution in [-0.2, 0) is 22.9 Å². The largest absolute Gasteiger partial charge is 0.454 e. The standard InChI is InChI=1S/C18H21NO4S/c1-2-3-14-4-7-16(8-5-14)24(20,21)19-11-10-15-6-9-17-18(12-15)23-13-22-17/h4-9,12,19H,2-3,10-11,13H2,1H3. The van der Waals surface area contributed by atoms with Gasteiger partial charge in [0, 0.05) is 6.54 Å². The van der Waals surface area contributed by atoms with E-state index in [4.69, 9.17) is 9.47 Å². The number of sulfonamides is 1. The molecule has 0 atom stereocenters. The molecule has 6 heteroatoms. The lowest BCUT2D eigenvalue weighted by atomic mass is 10.1. The molecule has 128 valence electrons. The van der Waals surface area contributed by atoms with E-state index in [9.17, 15) is 8.42 Å². The Bertz CT molecular complexity index is 800. The molecule has 0 spiro atoms. The molecule has 0 bridgehead atoms. The van der Waals surface area contributed by atoms with E-state index in [-0.39, 0.29) is 6.79 Å². The second-order valence-corrected chi connectivity index (χ2v) is 7.50. The monoisotopic (exact) mass is 347 g/mol. The first kappa shape index (κ1) is 16.8. The van der Waals surface area contributed by atoms with Gasteiger partial charge in [-0.3, -0.25) is 0 Å². The summed E-state index contributed by atoms with van der Waals surface area (Å²) in [5.41, 5.74) is 2.15. The minimum absolute atomic E-state index is 0.236. The zero-order valence-corrected chi connectivity index (χ0v) is 14.4. The average Bonchev–Trinajstić information content (AvgIpc) is 3.03. The van der Waals surface area contributed by atoms with Crippen molar-refractivity contribution in [2.24, 2.45) is 0 Å². The smallest absolute Gasteiger partial charge is 0.240 e. The molecule has 0 saturated heterocycles. The van der Waals surface area contributed by atoms with Gasteiger partial charge in [0.25, 0.3) is 0 Å². The van der Waals surface area contributed by atoms with Crippen molar-refractivity contribution < 1.29 is 17.9 Å². The molecule has 0 unspecified atom stereocenters. The van der Waals surface area contributed by atoms with E-state index in [1.54, 1.807) is 12.1 Å². The molecule has 1 N–H and O–H groups in total. The molecular weight excluding hydrogens is 326 g/mol. The fourth-order valence-electron chi connectivity index (χ4n) is 2.63. The molecule has 1 aliphatic rings. The molecule has 0 aromatic heterocycles. The summed E-state index contributed by atoms with van der Waals surface area (Å²) in [6.07, 6.45) is 2.58. The third-order valence-corrected chi connectivity index (χ3v) is 5.39. The highest BCUT2D eigenvalue weighted by Gasteiger charge is 2.15. The van der Waals surface area contributed by atoms with Gasteiger partial charge in [-0.15, -0.1) is 0 Å². The average molecular weight is 347 g/mol. The van der Waals surface area contributed by atoms with E-state index >= 15 is 0 Å². The second-order valence-electron chi connectivity index (χ2n) is 5.73. The number of rotatable bonds is 7. The third kappa shape index (κ3) is 3.88. The van der Waals surface area contributed by atoms with Crippen molar-refractivity contribution in [3.63, 3.8) is 0 Å². The van der Waals surface area contributed by atoms with Crippen molar-refractivity contribution >= 4 is 10.0 Å². The van der Waals surface area contributed by atoms with Crippen LogP contribution < -0.4 is 14.2 Å². The number of nitrogens with one attached hydrogen (secondary N) is 1. The van der Waals surface area contributed by atoms with E-state index in [2.05, 4.69) is 11.6 Å². The van der Waals surface area contributed by atoms with E-state index < -0.39 is 10.0 Å². The summed E-state index contributed by atoms with van der Waals surface area (Å²) >= 11 is 0. The van der Waals surface area contributed by atoms with E-state index in [1.165, 1.54) is 0 Å². The predicted octanol–water partition coefficient (Wildman–Crippen LogP) is 2.89. The van der Waals surface area contributed by atoms with Gasteiger partial charge in [0.15, 0.2) is 11.5 Å². The van der Waals surface area contributed by atoms with Gasteiger partial charge in [-0.05, 0) is 48.2 Å². The minimum atomic E-state index is -3.48. The highest BCUT2D eigenvalue weighted by Crippen LogP contribution is 2.32. The van der Waals surface area contributed by atoms with Crippen LogP contribution in [0.25, 0.3) is 0 Å². The lowest BCUT2D eigenvalue weighted by molar-refractivity contribution is 0.174. The molecule has 0 radical (unpaired) electrons. The van der Waals surface area contributed by atoms with Gasteiger partial charge in [0.2, 0.25) is 16.8 Å². The summed E-state index contributed by atoms with van der Waals surface area (Å²) in [6, 6.07) is 12.7. The molecule has 3 rings (SSSR count). The first-order chi connectivity index (χ1) is 11.6. The molecule has 2 aromatic carbocycles. The summed E-state index contributed by atoms with van der Waals surface area (Å²) in [7, 11) is -3.48. The molecule has 1 aliphatic heterocycles. The molecule has 0 amide bonds. The van der Waals surface area contributed by atoms with Crippen LogP contribution in [0.2, 0.25) is 0 Å². The zero-order chi connectivity index (χ0) is 17.0. The highest BCUT2D eigenvalue weighted by molar-refractivity contribution is 7.89. The molecule has 1 heterocycles. The fraction of sp³-hybridized carbons (Fsp3) is 0.333. The topological polar surface area (TPSA) is 64.6 Å². The summed E-state index contributed by atoms with van der Waals surface area (Å²) in [4.78, 5) is 0.299. The molecule has 5 nitrogen and oxygen atoms in total. The van der Waals surface area contributed by atoms with Gasteiger partial charge in [-0.2, -0.15) is 0 Å². The zero-order valence-electron chi connectivity index (χ0n) is 13.6. The second kappa shape index (κ2) is 7.23. The highest BCUT2D eigenvalue weighted by atomic mass is 32.2. The summed E-state index contributed by atoms with van der Waals surface area (Å²) in [6.45, 7) is 2.67. The summed E-state index contributed by atoms with van der Waals surface area (Å²) in [5, 5.41) is 0. The van der Waals surface area contributed by atoms with Crippen molar-refractivity contribution in [1.82, 2.24) is 4.72 Å². The normalized spacial score (nSPS) is 13.2. The molecule has 24 heavy (non-hydrogen) atoms. The minimum Gasteiger partial charge on any atom is -0.454 e. The van der Waals surface area contributed by atoms with E-state index in [1.807, 2.05) is 30.3 Å². The number of benzene rings is 2. The molecule has 0 aliphatic carbocycles. The third-order valence-electron chi connectivity index (χ3n) is 3.92. The van der Waals surface area contributed by atoms with Crippen molar-refractivity contribution in [1.29, 1.82) is 0 Å². The Morgan fingerprint density at radius 2 is 1.67 bits per heavy atom. The van der Waals surface area contributed by atoms with Gasteiger partial charge in [0.05, 0.1) is 4.90 Å². The Labute approximate surface area is 142 Å². The maximum Gasteiger partial charge on any atom is 0.240 e. The van der Waals surface area contributed by atoms with Crippen LogP contribution in [0.1, 0.15) is 24.5 Å². The van der Waals surface area contributed by atoms with Crippen molar-refractivity contribution in [2.45, 2.75) is 31.1 Å². The Kier molecular flexibility index (Phi) is 5.06. The Balaban J connectivity index is 1.58. The number of hydrogen-bond acceptors (Lipinski definition) is 4. The van der Waals surface area contributed by atoms with Gasteiger partial charge in [0.1, 0.15) is 0 Å². The first-order valence-corrected chi connectivity index (χ1v) is 9.54. The quantitative estimate of drug-likeness (QED) is 0.836. The maximum atomic E-state index is 12.3. The molecule has 2 aromatic rings. The van der Waals surface area contributed by atoms with Crippen LogP contribution >= 0.6 is 0 Å². The number of ether oxygens (including phenoxy) is 2. The lowest BCUT2D eigenvalue weighted by Gasteiger charge is -2.08. The van der Waals surface area contributed by atoms with Crippen LogP contribution in [-0.4, -0.2) is 21.8 Å². The van der Waals surface area contributed by atoms with Gasteiger partial charge < -0.3 is 9.47 Å². The molecule has 0 fully saturated rings. The SMILES string of the molecule is CCCc1ccc(S(=O)(=O)NCCc2ccc3c(c2)OCO3)cc1. The summed E-state index contributed by atoms with van der Waals surface area (Å²) < 4.78 is 37.9. The predicted molar refractivity (Wildman–Crippen MR) is 91.9 cm³/mol. The van der Waals surface area contributed by atoms with Gasteiger partial charge in [-0.25, -0.2) is 13.1 Å². The van der Waals surface area contributed by atoms with Gasteiger partial charge >= 0.3 is 0 Å². The van der Waals surface area contributed by atoms with E-state index in [0.29, 0.717) is 23.6 Å². The Morgan fingerprint density at radius 1 is 0.958 bits per heavy atom. The fourth-order valence-corrected chi connectivity index (χ4v) is 3.67. The van der Waals surface area contributed by atoms with E-state index in [0.717, 1.165) is 29.7 Å². The van der Waals surface area contributed by atoms with Crippen LogP contribution in [0.15, 0.2) is 47.4 Å². The first-order valence-electron chi connectivity index (χ1n) is 8.05. The van der Waals surface area contributed by atoms with Crippen LogP contribution in [0.5, 0.6) is 11.5 Å². The Hall–Kier alpha value is -2.05. The van der Waals surface area contributed by atoms with Crippen LogP contribution in [0.3, 0.4) is 0 Å². The Morgan fingerprint density at radius 3 is 2.42 bits per heavy atom. The van der Waals surface area contributed by atoms with Gasteiger partial charge in [-0.1, -0.05) is 31.5 Å². The molecule has 0 saturated carbocycles. The van der Waals surface area contributed by atoms with Crippen molar-refractivity contribution in [2.75, 3.05) is 13.3 Å². The lowest BCUT2D eigenvalue weighted by Crippen LogP contribution is -2.26. The number of fused-ring (bicyclic) bond motifs is 1. The maximum absolute atomic E-state index is 12.3. The number of hydrogen-bond donors (Lipinski definition) is 1.